The van der Waals surface area contributed by atoms with Gasteiger partial charge in [0, 0.05) is 11.6 Å². The van der Waals surface area contributed by atoms with Gasteiger partial charge in [-0.1, -0.05) is 20.8 Å². The SMILES string of the molecule is CCC(OC(=O)Cl)C(C)C. The Balaban J connectivity index is 3.71. The van der Waals surface area contributed by atoms with Crippen molar-refractivity contribution in [1.29, 1.82) is 0 Å². The lowest BCUT2D eigenvalue weighted by Gasteiger charge is -2.17. The molecule has 0 saturated heterocycles. The summed E-state index contributed by atoms with van der Waals surface area (Å²) in [6, 6.07) is 0. The highest BCUT2D eigenvalue weighted by Gasteiger charge is 2.13. The molecule has 0 heterocycles. The van der Waals surface area contributed by atoms with E-state index in [1.165, 1.54) is 0 Å². The molecule has 0 fully saturated rings. The first-order chi connectivity index (χ1) is 4.57. The number of hydrogen-bond acceptors (Lipinski definition) is 2. The first-order valence-corrected chi connectivity index (χ1v) is 3.81. The summed E-state index contributed by atoms with van der Waals surface area (Å²) in [5, 5.41) is 0. The van der Waals surface area contributed by atoms with Crippen LogP contribution in [0.15, 0.2) is 0 Å². The maximum absolute atomic E-state index is 10.3. The standard InChI is InChI=1S/C7H13ClO2/c1-4-6(5(2)3)10-7(8)9/h5-6H,4H2,1-3H3. The van der Waals surface area contributed by atoms with Gasteiger partial charge in [-0.15, -0.1) is 0 Å². The summed E-state index contributed by atoms with van der Waals surface area (Å²) >= 11 is 5.03. The van der Waals surface area contributed by atoms with Crippen molar-refractivity contribution in [3.8, 4) is 0 Å². The smallest absolute Gasteiger partial charge is 0.404 e. The first kappa shape index (κ1) is 9.76. The molecule has 0 bridgehead atoms. The summed E-state index contributed by atoms with van der Waals surface area (Å²) in [5.41, 5.74) is -0.708. The summed E-state index contributed by atoms with van der Waals surface area (Å²) in [4.78, 5) is 10.3. The second-order valence-electron chi connectivity index (χ2n) is 2.55. The number of hydrogen-bond donors (Lipinski definition) is 0. The fraction of sp³-hybridized carbons (Fsp3) is 0.857. The van der Waals surface area contributed by atoms with Crippen molar-refractivity contribution in [3.05, 3.63) is 0 Å². The van der Waals surface area contributed by atoms with Crippen LogP contribution in [0.4, 0.5) is 4.79 Å². The second kappa shape index (κ2) is 4.56. The second-order valence-corrected chi connectivity index (χ2v) is 2.85. The molecule has 1 unspecified atom stereocenters. The van der Waals surface area contributed by atoms with Crippen LogP contribution in [-0.2, 0) is 4.74 Å². The van der Waals surface area contributed by atoms with Gasteiger partial charge in [0.1, 0.15) is 6.10 Å². The van der Waals surface area contributed by atoms with E-state index in [-0.39, 0.29) is 6.10 Å². The summed E-state index contributed by atoms with van der Waals surface area (Å²) < 4.78 is 4.79. The average Bonchev–Trinajstić information content (AvgIpc) is 1.81. The molecular formula is C7H13ClO2. The number of halogens is 1. The van der Waals surface area contributed by atoms with Crippen molar-refractivity contribution < 1.29 is 9.53 Å². The van der Waals surface area contributed by atoms with Crippen LogP contribution in [0.25, 0.3) is 0 Å². The van der Waals surface area contributed by atoms with Crippen LogP contribution in [-0.4, -0.2) is 11.5 Å². The molecule has 0 aromatic carbocycles. The maximum atomic E-state index is 10.3. The third-order valence-electron chi connectivity index (χ3n) is 1.39. The molecule has 0 aromatic heterocycles. The van der Waals surface area contributed by atoms with Crippen molar-refractivity contribution in [2.45, 2.75) is 33.3 Å². The number of ether oxygens (including phenoxy) is 1. The molecule has 0 radical (unpaired) electrons. The van der Waals surface area contributed by atoms with E-state index in [2.05, 4.69) is 0 Å². The molecule has 0 aliphatic rings. The summed E-state index contributed by atoms with van der Waals surface area (Å²) in [5.74, 6) is 0.340. The Morgan fingerprint density at radius 3 is 2.20 bits per heavy atom. The monoisotopic (exact) mass is 164 g/mol. The lowest BCUT2D eigenvalue weighted by Crippen LogP contribution is -2.19. The predicted octanol–water partition coefficient (Wildman–Crippen LogP) is 2.80. The highest BCUT2D eigenvalue weighted by Crippen LogP contribution is 2.11. The predicted molar refractivity (Wildman–Crippen MR) is 41.3 cm³/mol. The molecule has 0 N–H and O–H groups in total. The van der Waals surface area contributed by atoms with Crippen LogP contribution in [0.5, 0.6) is 0 Å². The van der Waals surface area contributed by atoms with Crippen molar-refractivity contribution in [2.75, 3.05) is 0 Å². The number of carbonyl (C=O) groups is 1. The zero-order chi connectivity index (χ0) is 8.15. The van der Waals surface area contributed by atoms with Crippen molar-refractivity contribution in [1.82, 2.24) is 0 Å². The van der Waals surface area contributed by atoms with Gasteiger partial charge in [-0.2, -0.15) is 0 Å². The molecule has 3 heteroatoms. The fourth-order valence-corrected chi connectivity index (χ4v) is 0.924. The third-order valence-corrected chi connectivity index (χ3v) is 1.48. The molecular weight excluding hydrogens is 152 g/mol. The van der Waals surface area contributed by atoms with E-state index < -0.39 is 5.43 Å². The van der Waals surface area contributed by atoms with Crippen molar-refractivity contribution in [2.24, 2.45) is 5.92 Å². The van der Waals surface area contributed by atoms with E-state index >= 15 is 0 Å². The number of rotatable bonds is 3. The molecule has 0 saturated carbocycles. The first-order valence-electron chi connectivity index (χ1n) is 3.44. The Morgan fingerprint density at radius 1 is 1.60 bits per heavy atom. The topological polar surface area (TPSA) is 26.3 Å². The van der Waals surface area contributed by atoms with Gasteiger partial charge in [-0.05, 0) is 12.3 Å². The Kier molecular flexibility index (Phi) is 4.45. The van der Waals surface area contributed by atoms with E-state index in [0.29, 0.717) is 5.92 Å². The fourth-order valence-electron chi connectivity index (χ4n) is 0.810. The van der Waals surface area contributed by atoms with Crippen LogP contribution >= 0.6 is 11.6 Å². The Labute approximate surface area is 66.5 Å². The lowest BCUT2D eigenvalue weighted by atomic mass is 10.1. The normalized spacial score (nSPS) is 13.3. The van der Waals surface area contributed by atoms with E-state index in [1.807, 2.05) is 20.8 Å². The molecule has 1 atom stereocenters. The Morgan fingerprint density at radius 2 is 2.10 bits per heavy atom. The summed E-state index contributed by atoms with van der Waals surface area (Å²) in [6.07, 6.45) is 0.779. The molecule has 2 nitrogen and oxygen atoms in total. The van der Waals surface area contributed by atoms with E-state index in [1.54, 1.807) is 0 Å². The van der Waals surface area contributed by atoms with Crippen LogP contribution in [0.1, 0.15) is 27.2 Å². The van der Waals surface area contributed by atoms with E-state index in [9.17, 15) is 4.79 Å². The molecule has 10 heavy (non-hydrogen) atoms. The molecule has 0 aromatic rings. The van der Waals surface area contributed by atoms with Gasteiger partial charge in [-0.3, -0.25) is 0 Å². The largest absolute Gasteiger partial charge is 0.450 e. The summed E-state index contributed by atoms with van der Waals surface area (Å²) in [6.45, 7) is 5.95. The Hall–Kier alpha value is -0.240. The molecule has 0 rings (SSSR count). The molecule has 0 spiro atoms. The van der Waals surface area contributed by atoms with Gasteiger partial charge in [0.25, 0.3) is 0 Å². The minimum absolute atomic E-state index is 0.0370. The highest BCUT2D eigenvalue weighted by atomic mass is 35.5. The number of carbonyl (C=O) groups excluding carboxylic acids is 1. The highest BCUT2D eigenvalue weighted by molar-refractivity contribution is 6.61. The molecule has 0 aliphatic heterocycles. The van der Waals surface area contributed by atoms with Crippen LogP contribution in [0.2, 0.25) is 0 Å². The van der Waals surface area contributed by atoms with Gasteiger partial charge < -0.3 is 4.74 Å². The maximum Gasteiger partial charge on any atom is 0.404 e. The molecule has 0 aliphatic carbocycles. The zero-order valence-corrected chi connectivity index (χ0v) is 7.31. The van der Waals surface area contributed by atoms with Gasteiger partial charge in [0.05, 0.1) is 0 Å². The molecule has 60 valence electrons. The van der Waals surface area contributed by atoms with Gasteiger partial charge in [-0.25, -0.2) is 4.79 Å². The van der Waals surface area contributed by atoms with Gasteiger partial charge >= 0.3 is 5.43 Å². The summed E-state index contributed by atoms with van der Waals surface area (Å²) in [7, 11) is 0. The van der Waals surface area contributed by atoms with E-state index in [4.69, 9.17) is 16.3 Å². The quantitative estimate of drug-likeness (QED) is 0.600. The van der Waals surface area contributed by atoms with Crippen LogP contribution in [0.3, 0.4) is 0 Å². The minimum atomic E-state index is -0.708. The zero-order valence-electron chi connectivity index (χ0n) is 6.56. The molecule has 0 amide bonds. The van der Waals surface area contributed by atoms with Crippen LogP contribution < -0.4 is 0 Å². The van der Waals surface area contributed by atoms with Gasteiger partial charge in [0.2, 0.25) is 0 Å². The van der Waals surface area contributed by atoms with E-state index in [0.717, 1.165) is 6.42 Å². The average molecular weight is 165 g/mol. The van der Waals surface area contributed by atoms with Crippen LogP contribution in [0, 0.1) is 5.92 Å². The van der Waals surface area contributed by atoms with Crippen molar-refractivity contribution >= 4 is 17.0 Å². The lowest BCUT2D eigenvalue weighted by molar-refractivity contribution is 0.0886. The van der Waals surface area contributed by atoms with Gasteiger partial charge in [0.15, 0.2) is 0 Å². The van der Waals surface area contributed by atoms with Crippen molar-refractivity contribution in [3.63, 3.8) is 0 Å². The Bertz CT molecular complexity index is 112. The minimum Gasteiger partial charge on any atom is -0.450 e. The third kappa shape index (κ3) is 3.72.